The molecule has 3 nitrogen and oxygen atoms in total. The molecule has 0 aliphatic rings. The number of unbranched alkanes of at least 4 members (excludes halogenated alkanes) is 1. The molecular formula is C10H26AlNO2. The van der Waals surface area contributed by atoms with Crippen molar-refractivity contribution in [1.29, 1.82) is 0 Å². The predicted molar refractivity (Wildman–Crippen MR) is 64.1 cm³/mol. The number of hydrogen-bond donors (Lipinski definition) is 2. The van der Waals surface area contributed by atoms with Gasteiger partial charge in [0.15, 0.2) is 17.4 Å². The highest BCUT2D eigenvalue weighted by Gasteiger charge is 2.33. The van der Waals surface area contributed by atoms with Crippen LogP contribution >= 0.6 is 0 Å². The monoisotopic (exact) mass is 219 g/mol. The molecule has 0 saturated carbocycles. The third kappa shape index (κ3) is 6.00. The van der Waals surface area contributed by atoms with Crippen LogP contribution in [0.5, 0.6) is 0 Å². The zero-order valence-electron chi connectivity index (χ0n) is 9.46. The van der Waals surface area contributed by atoms with E-state index in [2.05, 4.69) is 6.92 Å². The molecule has 0 atom stereocenters. The maximum absolute atomic E-state index is 9.81. The fourth-order valence-electron chi connectivity index (χ4n) is 1.53. The van der Waals surface area contributed by atoms with Gasteiger partial charge in [-0.2, -0.15) is 0 Å². The van der Waals surface area contributed by atoms with Gasteiger partial charge in [-0.15, -0.1) is 0 Å². The molecule has 14 heavy (non-hydrogen) atoms. The summed E-state index contributed by atoms with van der Waals surface area (Å²) in [4.78, 5) is 1.70. The summed E-state index contributed by atoms with van der Waals surface area (Å²) in [7, 11) is 0. The number of nitrogens with zero attached hydrogens (tertiary/aromatic N) is 1. The van der Waals surface area contributed by atoms with Crippen LogP contribution in [0.2, 0.25) is 0 Å². The normalized spacial score (nSPS) is 12.9. The Labute approximate surface area is 98.2 Å². The summed E-state index contributed by atoms with van der Waals surface area (Å²) in [6.07, 6.45) is 2.04. The zero-order valence-corrected chi connectivity index (χ0v) is 9.46. The van der Waals surface area contributed by atoms with E-state index in [1.165, 1.54) is 0 Å². The lowest BCUT2D eigenvalue weighted by Gasteiger charge is -2.42. The molecule has 0 aliphatic heterocycles. The Morgan fingerprint density at radius 3 is 1.57 bits per heavy atom. The Balaban J connectivity index is 0. The average Bonchev–Trinajstić information content (AvgIpc) is 1.81. The molecule has 0 unspecified atom stereocenters. The van der Waals surface area contributed by atoms with Crippen molar-refractivity contribution in [2.45, 2.75) is 58.9 Å². The summed E-state index contributed by atoms with van der Waals surface area (Å²) in [5.41, 5.74) is -1.93. The van der Waals surface area contributed by atoms with E-state index in [1.54, 1.807) is 32.6 Å². The molecule has 0 bridgehead atoms. The smallest absolute Gasteiger partial charge is 0.187 e. The molecule has 0 aliphatic carbocycles. The molecule has 2 N–H and O–H groups in total. The van der Waals surface area contributed by atoms with E-state index in [9.17, 15) is 10.2 Å². The Morgan fingerprint density at radius 2 is 1.36 bits per heavy atom. The van der Waals surface area contributed by atoms with Crippen LogP contribution in [-0.2, 0) is 0 Å². The minimum absolute atomic E-state index is 0. The zero-order chi connectivity index (χ0) is 10.7. The van der Waals surface area contributed by atoms with Crippen LogP contribution in [-0.4, -0.2) is 50.5 Å². The van der Waals surface area contributed by atoms with Gasteiger partial charge in [-0.05, 0) is 34.1 Å². The maximum atomic E-state index is 9.81. The van der Waals surface area contributed by atoms with Gasteiger partial charge in [0.25, 0.3) is 0 Å². The first-order chi connectivity index (χ1) is 5.69. The second-order valence-corrected chi connectivity index (χ2v) is 4.49. The van der Waals surface area contributed by atoms with Gasteiger partial charge in [0.2, 0.25) is 0 Å². The first-order valence-electron chi connectivity index (χ1n) is 4.92. The third-order valence-electron chi connectivity index (χ3n) is 2.06. The molecule has 0 saturated heterocycles. The standard InChI is InChI=1S/C10H23NO2.Al.3H/c1-6-7-8-11(9(2,3)12)10(4,5)13;;;;/h12-13H,6-8H2,1-5H3;;;;. The summed E-state index contributed by atoms with van der Waals surface area (Å²) in [6, 6.07) is 0. The summed E-state index contributed by atoms with van der Waals surface area (Å²) in [5.74, 6) is 0. The molecule has 0 aromatic rings. The first-order valence-corrected chi connectivity index (χ1v) is 4.92. The molecule has 4 heteroatoms. The summed E-state index contributed by atoms with van der Waals surface area (Å²) >= 11 is 0. The van der Waals surface area contributed by atoms with Crippen molar-refractivity contribution in [2.75, 3.05) is 6.54 Å². The van der Waals surface area contributed by atoms with Crippen LogP contribution in [0.1, 0.15) is 47.5 Å². The van der Waals surface area contributed by atoms with Gasteiger partial charge in [0, 0.05) is 6.54 Å². The van der Waals surface area contributed by atoms with Gasteiger partial charge in [0.1, 0.15) is 11.4 Å². The van der Waals surface area contributed by atoms with E-state index >= 15 is 0 Å². The molecule has 0 amide bonds. The quantitative estimate of drug-likeness (QED) is 0.518. The molecule has 0 aromatic carbocycles. The lowest BCUT2D eigenvalue weighted by atomic mass is 10.1. The summed E-state index contributed by atoms with van der Waals surface area (Å²) in [5, 5.41) is 19.6. The minimum Gasteiger partial charge on any atom is -0.376 e. The second kappa shape index (κ2) is 6.10. The largest absolute Gasteiger partial charge is 0.376 e. The van der Waals surface area contributed by atoms with Crippen molar-refractivity contribution in [3.63, 3.8) is 0 Å². The highest BCUT2D eigenvalue weighted by Crippen LogP contribution is 2.21. The fraction of sp³-hybridized carbons (Fsp3) is 1.00. The maximum Gasteiger partial charge on any atom is 0.187 e. The summed E-state index contributed by atoms with van der Waals surface area (Å²) in [6.45, 7) is 9.58. The second-order valence-electron chi connectivity index (χ2n) is 4.49. The SMILES string of the molecule is CCCCN(C(C)(C)O)C(C)(C)O.[AlH3]. The Morgan fingerprint density at radius 1 is 1.00 bits per heavy atom. The topological polar surface area (TPSA) is 43.7 Å². The first kappa shape index (κ1) is 16.8. The predicted octanol–water partition coefficient (Wildman–Crippen LogP) is 0.361. The highest BCUT2D eigenvalue weighted by molar-refractivity contribution is 5.75. The third-order valence-corrected chi connectivity index (χ3v) is 2.06. The van der Waals surface area contributed by atoms with E-state index in [0.29, 0.717) is 6.54 Å². The molecular weight excluding hydrogens is 193 g/mol. The lowest BCUT2D eigenvalue weighted by molar-refractivity contribution is -0.199. The van der Waals surface area contributed by atoms with E-state index in [4.69, 9.17) is 0 Å². The Kier molecular flexibility index (Phi) is 7.33. The van der Waals surface area contributed by atoms with Crippen LogP contribution < -0.4 is 0 Å². The van der Waals surface area contributed by atoms with Gasteiger partial charge < -0.3 is 10.2 Å². The van der Waals surface area contributed by atoms with Gasteiger partial charge in [0.05, 0.1) is 0 Å². The molecule has 0 spiro atoms. The van der Waals surface area contributed by atoms with E-state index < -0.39 is 11.4 Å². The van der Waals surface area contributed by atoms with E-state index in [0.717, 1.165) is 12.8 Å². The van der Waals surface area contributed by atoms with Crippen molar-refractivity contribution >= 4 is 17.4 Å². The number of rotatable bonds is 5. The lowest BCUT2D eigenvalue weighted by Crippen LogP contribution is -2.55. The molecule has 0 aromatic heterocycles. The van der Waals surface area contributed by atoms with E-state index in [-0.39, 0.29) is 17.4 Å². The Bertz CT molecular complexity index is 135. The van der Waals surface area contributed by atoms with Crippen LogP contribution in [0.4, 0.5) is 0 Å². The highest BCUT2D eigenvalue weighted by atomic mass is 27.0. The van der Waals surface area contributed by atoms with E-state index in [1.807, 2.05) is 0 Å². The molecule has 0 heterocycles. The average molecular weight is 219 g/mol. The van der Waals surface area contributed by atoms with Gasteiger partial charge in [-0.3, -0.25) is 0 Å². The van der Waals surface area contributed by atoms with Gasteiger partial charge >= 0.3 is 0 Å². The van der Waals surface area contributed by atoms with Gasteiger partial charge in [-0.25, -0.2) is 4.90 Å². The van der Waals surface area contributed by atoms with Gasteiger partial charge in [-0.1, -0.05) is 13.3 Å². The van der Waals surface area contributed by atoms with Crippen LogP contribution in [0, 0.1) is 0 Å². The fourth-order valence-corrected chi connectivity index (χ4v) is 1.53. The van der Waals surface area contributed by atoms with Crippen molar-refractivity contribution < 1.29 is 10.2 Å². The molecule has 0 fully saturated rings. The van der Waals surface area contributed by atoms with Crippen LogP contribution in [0.25, 0.3) is 0 Å². The molecule has 0 radical (unpaired) electrons. The van der Waals surface area contributed by atoms with Crippen molar-refractivity contribution in [2.24, 2.45) is 0 Å². The van der Waals surface area contributed by atoms with Crippen LogP contribution in [0.15, 0.2) is 0 Å². The van der Waals surface area contributed by atoms with Crippen LogP contribution in [0.3, 0.4) is 0 Å². The molecule has 0 rings (SSSR count). The number of hydrogen-bond acceptors (Lipinski definition) is 3. The van der Waals surface area contributed by atoms with Crippen molar-refractivity contribution in [3.8, 4) is 0 Å². The molecule has 86 valence electrons. The Hall–Kier alpha value is 0.412. The minimum atomic E-state index is -0.965. The summed E-state index contributed by atoms with van der Waals surface area (Å²) < 4.78 is 0. The number of aliphatic hydroxyl groups is 2. The van der Waals surface area contributed by atoms with Crippen molar-refractivity contribution in [3.05, 3.63) is 0 Å². The van der Waals surface area contributed by atoms with Crippen molar-refractivity contribution in [1.82, 2.24) is 4.90 Å².